The largest absolute Gasteiger partial charge is 0.428 e. The van der Waals surface area contributed by atoms with Crippen molar-refractivity contribution >= 4 is 5.97 Å². The topological polar surface area (TPSA) is 55.8 Å². The summed E-state index contributed by atoms with van der Waals surface area (Å²) in [4.78, 5) is 11.6. The second kappa shape index (κ2) is 5.77. The van der Waals surface area contributed by atoms with Crippen molar-refractivity contribution in [2.45, 2.75) is 25.6 Å². The summed E-state index contributed by atoms with van der Waals surface area (Å²) in [6, 6.07) is 9.75. The van der Waals surface area contributed by atoms with Crippen molar-refractivity contribution in [3.05, 3.63) is 47.7 Å². The Morgan fingerprint density at radius 1 is 1.30 bits per heavy atom. The number of aliphatic hydroxyl groups is 1. The first-order valence-electron chi connectivity index (χ1n) is 6.97. The summed E-state index contributed by atoms with van der Waals surface area (Å²) >= 11 is 0. The van der Waals surface area contributed by atoms with Crippen molar-refractivity contribution in [1.29, 1.82) is 0 Å². The SMILES string of the molecule is O=C1OC([C@H](O)COCc2ccccc2)=C[C@@H]1C1CC1. The van der Waals surface area contributed by atoms with Crippen LogP contribution in [0.25, 0.3) is 0 Å². The van der Waals surface area contributed by atoms with Gasteiger partial charge >= 0.3 is 5.97 Å². The summed E-state index contributed by atoms with van der Waals surface area (Å²) < 4.78 is 10.6. The predicted octanol–water partition coefficient (Wildman–Crippen LogP) is 2.03. The fourth-order valence-electron chi connectivity index (χ4n) is 2.37. The zero-order chi connectivity index (χ0) is 13.9. The molecular weight excluding hydrogens is 256 g/mol. The maximum absolute atomic E-state index is 11.6. The number of cyclic esters (lactones) is 1. The summed E-state index contributed by atoms with van der Waals surface area (Å²) in [5.41, 5.74) is 1.05. The average molecular weight is 274 g/mol. The Bertz CT molecular complexity index is 504. The molecule has 0 saturated heterocycles. The smallest absolute Gasteiger partial charge is 0.318 e. The molecule has 2 aliphatic rings. The molecule has 1 fully saturated rings. The quantitative estimate of drug-likeness (QED) is 0.806. The zero-order valence-corrected chi connectivity index (χ0v) is 11.2. The molecule has 0 aromatic heterocycles. The molecule has 0 bridgehead atoms. The van der Waals surface area contributed by atoms with Gasteiger partial charge in [-0.2, -0.15) is 0 Å². The molecule has 0 spiro atoms. The van der Waals surface area contributed by atoms with E-state index >= 15 is 0 Å². The minimum Gasteiger partial charge on any atom is -0.428 e. The lowest BCUT2D eigenvalue weighted by atomic mass is 10.0. The van der Waals surface area contributed by atoms with E-state index < -0.39 is 6.10 Å². The molecule has 1 saturated carbocycles. The Morgan fingerprint density at radius 2 is 2.05 bits per heavy atom. The van der Waals surface area contributed by atoms with Gasteiger partial charge in [0.1, 0.15) is 11.9 Å². The van der Waals surface area contributed by atoms with Gasteiger partial charge < -0.3 is 14.6 Å². The van der Waals surface area contributed by atoms with E-state index in [2.05, 4.69) is 0 Å². The first-order valence-corrected chi connectivity index (χ1v) is 6.97. The number of esters is 1. The van der Waals surface area contributed by atoms with Crippen molar-refractivity contribution in [2.75, 3.05) is 6.61 Å². The number of carbonyl (C=O) groups excluding carboxylic acids is 1. The highest BCUT2D eigenvalue weighted by Crippen LogP contribution is 2.41. The predicted molar refractivity (Wildman–Crippen MR) is 72.5 cm³/mol. The lowest BCUT2D eigenvalue weighted by Crippen LogP contribution is -2.19. The lowest BCUT2D eigenvalue weighted by Gasteiger charge is -2.11. The second-order valence-electron chi connectivity index (χ2n) is 5.37. The van der Waals surface area contributed by atoms with E-state index in [9.17, 15) is 9.90 Å². The van der Waals surface area contributed by atoms with Crippen LogP contribution in [0.4, 0.5) is 0 Å². The normalized spacial score (nSPS) is 23.4. The van der Waals surface area contributed by atoms with Gasteiger partial charge in [-0.05, 0) is 30.4 Å². The van der Waals surface area contributed by atoms with Gasteiger partial charge in [-0.1, -0.05) is 30.3 Å². The minimum atomic E-state index is -0.869. The van der Waals surface area contributed by atoms with Crippen molar-refractivity contribution < 1.29 is 19.4 Å². The van der Waals surface area contributed by atoms with Crippen LogP contribution in [-0.2, 0) is 20.9 Å². The van der Waals surface area contributed by atoms with Crippen LogP contribution < -0.4 is 0 Å². The first-order chi connectivity index (χ1) is 9.74. The molecule has 4 nitrogen and oxygen atoms in total. The van der Waals surface area contributed by atoms with E-state index in [4.69, 9.17) is 9.47 Å². The van der Waals surface area contributed by atoms with E-state index in [1.165, 1.54) is 0 Å². The van der Waals surface area contributed by atoms with Crippen LogP contribution >= 0.6 is 0 Å². The highest BCUT2D eigenvalue weighted by atomic mass is 16.6. The molecule has 0 amide bonds. The first kappa shape index (κ1) is 13.3. The highest BCUT2D eigenvalue weighted by molar-refractivity contribution is 5.79. The Balaban J connectivity index is 1.48. The van der Waals surface area contributed by atoms with Gasteiger partial charge in [0, 0.05) is 0 Å². The average Bonchev–Trinajstić information content (AvgIpc) is 3.23. The number of rotatable bonds is 6. The third kappa shape index (κ3) is 3.08. The number of ether oxygens (including phenoxy) is 2. The van der Waals surface area contributed by atoms with Gasteiger partial charge in [0.2, 0.25) is 0 Å². The van der Waals surface area contributed by atoms with Crippen LogP contribution in [0.15, 0.2) is 42.2 Å². The van der Waals surface area contributed by atoms with Gasteiger partial charge in [-0.15, -0.1) is 0 Å². The van der Waals surface area contributed by atoms with Crippen LogP contribution in [0, 0.1) is 11.8 Å². The molecule has 20 heavy (non-hydrogen) atoms. The lowest BCUT2D eigenvalue weighted by molar-refractivity contribution is -0.142. The van der Waals surface area contributed by atoms with Gasteiger partial charge in [-0.25, -0.2) is 0 Å². The molecule has 1 aromatic rings. The number of aliphatic hydroxyl groups excluding tert-OH is 1. The van der Waals surface area contributed by atoms with E-state index in [0.29, 0.717) is 18.3 Å². The maximum Gasteiger partial charge on any atom is 0.318 e. The summed E-state index contributed by atoms with van der Waals surface area (Å²) in [6.45, 7) is 0.566. The van der Waals surface area contributed by atoms with Crippen molar-refractivity contribution in [1.82, 2.24) is 0 Å². The van der Waals surface area contributed by atoms with Gasteiger partial charge in [0.25, 0.3) is 0 Å². The molecule has 1 heterocycles. The number of carbonyl (C=O) groups is 1. The molecule has 2 atom stereocenters. The molecule has 106 valence electrons. The summed E-state index contributed by atoms with van der Waals surface area (Å²) in [5.74, 6) is 0.371. The minimum absolute atomic E-state index is 0.130. The van der Waals surface area contributed by atoms with Crippen molar-refractivity contribution in [3.8, 4) is 0 Å². The van der Waals surface area contributed by atoms with Crippen LogP contribution in [0.1, 0.15) is 18.4 Å². The summed E-state index contributed by atoms with van der Waals surface area (Å²) in [7, 11) is 0. The van der Waals surface area contributed by atoms with E-state index in [-0.39, 0.29) is 18.5 Å². The number of hydrogen-bond acceptors (Lipinski definition) is 4. The molecule has 3 rings (SSSR count). The fourth-order valence-corrected chi connectivity index (χ4v) is 2.37. The molecular formula is C16H18O4. The molecule has 1 aliphatic carbocycles. The standard InChI is InChI=1S/C16H18O4/c17-14(10-19-9-11-4-2-1-3-5-11)15-8-13(12-6-7-12)16(18)20-15/h1-5,8,12-14,17H,6-7,9-10H2/t13-,14-/m1/s1. The third-order valence-corrected chi connectivity index (χ3v) is 3.68. The third-order valence-electron chi connectivity index (χ3n) is 3.68. The number of hydrogen-bond donors (Lipinski definition) is 1. The van der Waals surface area contributed by atoms with Crippen LogP contribution in [0.5, 0.6) is 0 Å². The number of benzene rings is 1. The molecule has 0 radical (unpaired) electrons. The Kier molecular flexibility index (Phi) is 3.85. The highest BCUT2D eigenvalue weighted by Gasteiger charge is 2.41. The molecule has 1 aliphatic heterocycles. The molecule has 1 aromatic carbocycles. The summed E-state index contributed by atoms with van der Waals surface area (Å²) in [5, 5.41) is 9.99. The fraction of sp³-hybridized carbons (Fsp3) is 0.438. The zero-order valence-electron chi connectivity index (χ0n) is 11.2. The van der Waals surface area contributed by atoms with Crippen LogP contribution in [0.3, 0.4) is 0 Å². The van der Waals surface area contributed by atoms with Crippen molar-refractivity contribution in [3.63, 3.8) is 0 Å². The van der Waals surface area contributed by atoms with Crippen LogP contribution in [-0.4, -0.2) is 23.8 Å². The van der Waals surface area contributed by atoms with Gasteiger partial charge in [0.05, 0.1) is 19.1 Å². The molecule has 4 heteroatoms. The maximum atomic E-state index is 11.6. The second-order valence-corrected chi connectivity index (χ2v) is 5.37. The van der Waals surface area contributed by atoms with E-state index in [1.54, 1.807) is 6.08 Å². The Morgan fingerprint density at radius 3 is 2.75 bits per heavy atom. The van der Waals surface area contributed by atoms with Crippen LogP contribution in [0.2, 0.25) is 0 Å². The molecule has 0 unspecified atom stereocenters. The summed E-state index contributed by atoms with van der Waals surface area (Å²) in [6.07, 6.45) is 3.04. The monoisotopic (exact) mass is 274 g/mol. The Labute approximate surface area is 118 Å². The van der Waals surface area contributed by atoms with Crippen molar-refractivity contribution in [2.24, 2.45) is 11.8 Å². The van der Waals surface area contributed by atoms with Gasteiger partial charge in [-0.3, -0.25) is 4.79 Å². The molecule has 1 N–H and O–H groups in total. The van der Waals surface area contributed by atoms with E-state index in [0.717, 1.165) is 18.4 Å². The Hall–Kier alpha value is -1.65. The van der Waals surface area contributed by atoms with E-state index in [1.807, 2.05) is 30.3 Å². The van der Waals surface area contributed by atoms with Gasteiger partial charge in [0.15, 0.2) is 0 Å².